The van der Waals surface area contributed by atoms with Crippen LogP contribution in [-0.4, -0.2) is 43.0 Å². The first-order valence-corrected chi connectivity index (χ1v) is 9.36. The maximum absolute atomic E-state index is 11.7. The van der Waals surface area contributed by atoms with Gasteiger partial charge in [-0.3, -0.25) is 14.5 Å². The van der Waals surface area contributed by atoms with Crippen molar-refractivity contribution < 1.29 is 107 Å². The summed E-state index contributed by atoms with van der Waals surface area (Å²) in [6.45, 7) is -0.781. The summed E-state index contributed by atoms with van der Waals surface area (Å²) >= 11 is 0. The Balaban J connectivity index is 0.00000312. The number of nitrogens with zero attached hydrogens (tertiary/aromatic N) is 2. The van der Waals surface area contributed by atoms with Gasteiger partial charge < -0.3 is 38.5 Å². The van der Waals surface area contributed by atoms with E-state index in [2.05, 4.69) is 14.0 Å². The smallest absolute Gasteiger partial charge is 0.846 e. The number of phosphoric acid groups is 2. The van der Waals surface area contributed by atoms with Crippen molar-refractivity contribution in [2.75, 3.05) is 6.61 Å². The van der Waals surface area contributed by atoms with E-state index in [4.69, 9.17) is 24.8 Å². The van der Waals surface area contributed by atoms with E-state index in [0.717, 1.165) is 4.57 Å². The third-order valence-corrected chi connectivity index (χ3v) is 4.02. The van der Waals surface area contributed by atoms with Crippen LogP contribution in [0.2, 0.25) is 0 Å². The molecule has 1 aromatic rings. The third-order valence-electron chi connectivity index (χ3n) is 3.00. The molecule has 1 aliphatic rings. The molecule has 13 nitrogen and oxygen atoms in total. The predicted molar refractivity (Wildman–Crippen MR) is 68.7 cm³/mol. The molecule has 0 saturated carbocycles. The van der Waals surface area contributed by atoms with Crippen molar-refractivity contribution in [2.45, 2.75) is 24.9 Å². The first-order chi connectivity index (χ1) is 10.9. The molecule has 0 bridgehead atoms. The van der Waals surface area contributed by atoms with E-state index in [0.29, 0.717) is 0 Å². The maximum Gasteiger partial charge on any atom is 1.00 e. The number of rotatable bonds is 6. The number of phosphoric ester groups is 2. The molecule has 136 valence electrons. The fraction of sp³-hybridized carbons (Fsp3) is 0.556. The van der Waals surface area contributed by atoms with Crippen LogP contribution in [0.1, 0.15) is 12.6 Å². The zero-order valence-electron chi connectivity index (χ0n) is 13.8. The Labute approximate surface area is 191 Å². The first kappa shape index (κ1) is 26.9. The van der Waals surface area contributed by atoms with Gasteiger partial charge in [-0.15, -0.1) is 0 Å². The molecule has 0 radical (unpaired) electrons. The Morgan fingerprint density at radius 2 is 2.00 bits per heavy atom. The van der Waals surface area contributed by atoms with E-state index in [1.54, 1.807) is 0 Å². The van der Waals surface area contributed by atoms with Crippen LogP contribution in [0.25, 0.3) is 0 Å². The van der Waals surface area contributed by atoms with Crippen molar-refractivity contribution in [1.29, 1.82) is 5.41 Å². The van der Waals surface area contributed by atoms with Gasteiger partial charge in [-0.25, -0.2) is 9.55 Å². The van der Waals surface area contributed by atoms with E-state index in [1.807, 2.05) is 0 Å². The third kappa shape index (κ3) is 8.48. The average Bonchev–Trinajstić information content (AvgIpc) is 2.76. The van der Waals surface area contributed by atoms with Crippen LogP contribution in [0.3, 0.4) is 0 Å². The van der Waals surface area contributed by atoms with E-state index in [1.165, 1.54) is 12.3 Å². The summed E-state index contributed by atoms with van der Waals surface area (Å²) < 4.78 is 36.6. The second kappa shape index (κ2) is 10.6. The monoisotopic (exact) mass is 431 g/mol. The molecular weight excluding hydrogens is 418 g/mol. The molecule has 26 heavy (non-hydrogen) atoms. The summed E-state index contributed by atoms with van der Waals surface area (Å²) in [4.78, 5) is 40.4. The molecule has 2 rings (SSSR count). The van der Waals surface area contributed by atoms with Crippen molar-refractivity contribution in [2.24, 2.45) is 0 Å². The molecule has 0 spiro atoms. The van der Waals surface area contributed by atoms with Crippen LogP contribution in [0.5, 0.6) is 6.01 Å². The van der Waals surface area contributed by atoms with Gasteiger partial charge in [-0.1, -0.05) is 0 Å². The molecule has 1 fully saturated rings. The number of hydrogen-bond acceptors (Lipinski definition) is 9. The minimum absolute atomic E-state index is 0. The Morgan fingerprint density at radius 3 is 2.50 bits per heavy atom. The molecule has 1 aliphatic heterocycles. The average molecular weight is 431 g/mol. The Kier molecular flexibility index (Phi) is 10.9. The van der Waals surface area contributed by atoms with Crippen LogP contribution in [0.15, 0.2) is 12.3 Å². The van der Waals surface area contributed by atoms with E-state index < -0.39 is 46.7 Å². The fourth-order valence-corrected chi connectivity index (χ4v) is 3.02. The summed E-state index contributed by atoms with van der Waals surface area (Å²) in [5.74, 6) is 0. The van der Waals surface area contributed by atoms with Crippen LogP contribution in [0.4, 0.5) is 0 Å². The summed E-state index contributed by atoms with van der Waals surface area (Å²) in [5, 5.41) is 19.0. The SMILES string of the molecule is N=c1ccn([C@H]2C[C@H](OP(=O)(O)O)[C@@H](COP(=O)([O-])O)O2)c([O-])n1.[Na+].[Na+]. The Bertz CT molecular complexity index is 752. The van der Waals surface area contributed by atoms with Gasteiger partial charge in [0.1, 0.15) is 23.9 Å². The molecule has 4 N–H and O–H groups in total. The van der Waals surface area contributed by atoms with E-state index >= 15 is 0 Å². The van der Waals surface area contributed by atoms with Crippen LogP contribution in [0, 0.1) is 5.41 Å². The van der Waals surface area contributed by atoms with Gasteiger partial charge in [-0.05, 0) is 6.07 Å². The number of nitrogens with one attached hydrogen (secondary N) is 1. The largest absolute Gasteiger partial charge is 1.00 e. The molecule has 0 amide bonds. The standard InChI is InChI=1S/C9H15N3O10P2.2Na/c10-7-1-2-12(9(13)11-7)8-3-5(22-24(17,18)19)6(21-8)4-20-23(14,15)16;;/h1-2,5-6,8H,3-4H2,(H2,10,11,13)(H2,14,15,16)(H2,17,18,19);;/q;2*+1/p-2/t5-,6+,8+;;/m0../s1. The molecular formula is C9H13N3Na2O10P2. The molecule has 0 aliphatic carbocycles. The molecule has 1 aromatic heterocycles. The molecule has 2 heterocycles. The predicted octanol–water partition coefficient (Wildman–Crippen LogP) is -8.31. The van der Waals surface area contributed by atoms with Crippen molar-refractivity contribution in [3.63, 3.8) is 0 Å². The molecule has 1 unspecified atom stereocenters. The summed E-state index contributed by atoms with van der Waals surface area (Å²) in [5.41, 5.74) is -0.287. The normalized spacial score (nSPS) is 25.0. The summed E-state index contributed by atoms with van der Waals surface area (Å²) in [7, 11) is -10.0. The number of aromatic nitrogens is 2. The van der Waals surface area contributed by atoms with Crippen LogP contribution in [-0.2, 0) is 22.9 Å². The van der Waals surface area contributed by atoms with Crippen LogP contribution < -0.4 is 74.6 Å². The molecule has 0 aromatic carbocycles. The van der Waals surface area contributed by atoms with Crippen molar-refractivity contribution in [3.8, 4) is 6.01 Å². The van der Waals surface area contributed by atoms with Gasteiger partial charge in [0.25, 0.3) is 7.82 Å². The summed E-state index contributed by atoms with van der Waals surface area (Å²) in [6.07, 6.45) is -2.73. The zero-order valence-corrected chi connectivity index (χ0v) is 19.6. The van der Waals surface area contributed by atoms with Crippen molar-refractivity contribution >= 4 is 15.6 Å². The van der Waals surface area contributed by atoms with Gasteiger partial charge in [-0.2, -0.15) is 0 Å². The van der Waals surface area contributed by atoms with Gasteiger partial charge in [0.2, 0.25) is 0 Å². The van der Waals surface area contributed by atoms with Crippen molar-refractivity contribution in [1.82, 2.24) is 9.55 Å². The Hall–Kier alpha value is 0.860. The quantitative estimate of drug-likeness (QED) is 0.245. The van der Waals surface area contributed by atoms with Crippen LogP contribution >= 0.6 is 15.6 Å². The number of hydrogen-bond donors (Lipinski definition) is 4. The van der Waals surface area contributed by atoms with Gasteiger partial charge in [0, 0.05) is 12.6 Å². The minimum atomic E-state index is -5.09. The first-order valence-electron chi connectivity index (χ1n) is 6.33. The van der Waals surface area contributed by atoms with Crippen molar-refractivity contribution in [3.05, 3.63) is 17.8 Å². The van der Waals surface area contributed by atoms with Gasteiger partial charge >= 0.3 is 66.9 Å². The Morgan fingerprint density at radius 1 is 1.38 bits per heavy atom. The zero-order chi connectivity index (χ0) is 18.1. The van der Waals surface area contributed by atoms with E-state index in [9.17, 15) is 19.1 Å². The van der Waals surface area contributed by atoms with Gasteiger partial charge in [0.05, 0.1) is 12.6 Å². The molecule has 4 atom stereocenters. The second-order valence-corrected chi connectivity index (χ2v) is 7.15. The second-order valence-electron chi connectivity index (χ2n) is 4.77. The maximum atomic E-state index is 11.7. The van der Waals surface area contributed by atoms with Gasteiger partial charge in [0.15, 0.2) is 0 Å². The molecule has 17 heteroatoms. The van der Waals surface area contributed by atoms with E-state index in [-0.39, 0.29) is 71.0 Å². The molecule has 1 saturated heterocycles. The summed E-state index contributed by atoms with van der Waals surface area (Å²) in [6, 6.07) is 0.341. The minimum Gasteiger partial charge on any atom is -0.846 e. The topological polar surface area (TPSA) is 210 Å². The fourth-order valence-electron chi connectivity index (χ4n) is 2.11. The number of ether oxygens (including phenoxy) is 1.